The van der Waals surface area contributed by atoms with E-state index in [-0.39, 0.29) is 17.4 Å². The Hall–Kier alpha value is -4.34. The topological polar surface area (TPSA) is 101 Å². The number of ether oxygens (including phenoxy) is 1. The second-order valence-electron chi connectivity index (χ2n) is 7.04. The molecule has 1 aliphatic rings. The van der Waals surface area contributed by atoms with Crippen LogP contribution in [-0.2, 0) is 15.8 Å². The highest BCUT2D eigenvalue weighted by atomic mass is 19.4. The minimum absolute atomic E-state index is 0.0376. The molecule has 4 rings (SSSR count). The Balaban J connectivity index is 1.43. The van der Waals surface area contributed by atoms with Crippen LogP contribution in [0.5, 0.6) is 11.6 Å². The largest absolute Gasteiger partial charge is 0.509 e. The fourth-order valence-corrected chi connectivity index (χ4v) is 3.17. The van der Waals surface area contributed by atoms with Gasteiger partial charge in [0.2, 0.25) is 5.88 Å². The van der Waals surface area contributed by atoms with Crippen LogP contribution in [0, 0.1) is 0 Å². The number of carbonyl (C=O) groups excluding carboxylic acids is 2. The fraction of sp³-hybridized carbons (Fsp3) is 0.0870. The number of benzene rings is 2. The summed E-state index contributed by atoms with van der Waals surface area (Å²) >= 11 is 0. The molecule has 0 aliphatic carbocycles. The van der Waals surface area contributed by atoms with Crippen LogP contribution < -0.4 is 15.4 Å². The molecule has 10 heteroatoms. The van der Waals surface area contributed by atoms with Crippen molar-refractivity contribution < 1.29 is 32.6 Å². The summed E-state index contributed by atoms with van der Waals surface area (Å²) in [5.41, 5.74) is -0.345. The normalized spacial score (nSPS) is 15.8. The lowest BCUT2D eigenvalue weighted by Gasteiger charge is -2.10. The van der Waals surface area contributed by atoms with Crippen LogP contribution >= 0.6 is 0 Å². The zero-order valence-electron chi connectivity index (χ0n) is 16.8. The lowest BCUT2D eigenvalue weighted by Crippen LogP contribution is -2.26. The molecule has 0 bridgehead atoms. The van der Waals surface area contributed by atoms with Crippen molar-refractivity contribution in [2.45, 2.75) is 12.2 Å². The molecule has 2 amide bonds. The number of aliphatic hydroxyl groups is 1. The van der Waals surface area contributed by atoms with Gasteiger partial charge < -0.3 is 20.5 Å². The van der Waals surface area contributed by atoms with Crippen molar-refractivity contribution >= 4 is 17.5 Å². The summed E-state index contributed by atoms with van der Waals surface area (Å²) in [4.78, 5) is 28.5. The van der Waals surface area contributed by atoms with Gasteiger partial charge in [0.1, 0.15) is 23.1 Å². The third-order valence-electron chi connectivity index (χ3n) is 4.79. The second-order valence-corrected chi connectivity index (χ2v) is 7.04. The van der Waals surface area contributed by atoms with Gasteiger partial charge in [0.05, 0.1) is 5.56 Å². The second kappa shape index (κ2) is 8.65. The van der Waals surface area contributed by atoms with E-state index < -0.39 is 35.2 Å². The standard InChI is InChI=1S/C23H16F3N3O4/c24-23(25,26)14-6-11-17(27-12-14)33-16-9-7-15(8-10-16)28-21(31)18-20(30)19(29-22(18)32)13-4-2-1-3-5-13/h1-12,19,30H,(H,28,31)(H,29,32). The van der Waals surface area contributed by atoms with Crippen LogP contribution in [-0.4, -0.2) is 21.9 Å². The van der Waals surface area contributed by atoms with Crippen LogP contribution in [0.4, 0.5) is 18.9 Å². The van der Waals surface area contributed by atoms with Gasteiger partial charge >= 0.3 is 6.18 Å². The van der Waals surface area contributed by atoms with E-state index in [1.807, 2.05) is 0 Å². The Bertz CT molecular complexity index is 1210. The molecule has 0 saturated carbocycles. The molecule has 2 heterocycles. The van der Waals surface area contributed by atoms with E-state index in [9.17, 15) is 27.9 Å². The summed E-state index contributed by atoms with van der Waals surface area (Å²) in [7, 11) is 0. The molecule has 168 valence electrons. The fourth-order valence-electron chi connectivity index (χ4n) is 3.17. The molecule has 0 spiro atoms. The molecule has 1 unspecified atom stereocenters. The van der Waals surface area contributed by atoms with Gasteiger partial charge in [-0.1, -0.05) is 30.3 Å². The molecule has 0 saturated heterocycles. The number of anilines is 1. The molecule has 0 radical (unpaired) electrons. The van der Waals surface area contributed by atoms with Gasteiger partial charge in [0.25, 0.3) is 11.8 Å². The minimum Gasteiger partial charge on any atom is -0.509 e. The highest BCUT2D eigenvalue weighted by molar-refractivity contribution is 6.24. The Morgan fingerprint density at radius 1 is 1.03 bits per heavy atom. The number of nitrogens with one attached hydrogen (secondary N) is 2. The number of halogens is 3. The van der Waals surface area contributed by atoms with Gasteiger partial charge in [-0.25, -0.2) is 4.98 Å². The van der Waals surface area contributed by atoms with Gasteiger partial charge in [-0.2, -0.15) is 13.2 Å². The van der Waals surface area contributed by atoms with Crippen LogP contribution in [0.25, 0.3) is 0 Å². The van der Waals surface area contributed by atoms with Crippen LogP contribution in [0.2, 0.25) is 0 Å². The average molecular weight is 455 g/mol. The summed E-state index contributed by atoms with van der Waals surface area (Å²) in [6.07, 6.45) is -3.83. The predicted octanol–water partition coefficient (Wildman–Crippen LogP) is 4.51. The maximum Gasteiger partial charge on any atom is 0.417 e. The van der Waals surface area contributed by atoms with Crippen LogP contribution in [0.15, 0.2) is 84.3 Å². The van der Waals surface area contributed by atoms with E-state index in [1.54, 1.807) is 30.3 Å². The average Bonchev–Trinajstić information content (AvgIpc) is 3.09. The number of rotatable bonds is 5. The van der Waals surface area contributed by atoms with E-state index in [2.05, 4.69) is 15.6 Å². The highest BCUT2D eigenvalue weighted by Gasteiger charge is 2.36. The van der Waals surface area contributed by atoms with Crippen LogP contribution in [0.3, 0.4) is 0 Å². The minimum atomic E-state index is -4.49. The third kappa shape index (κ3) is 4.79. The third-order valence-corrected chi connectivity index (χ3v) is 4.79. The Labute approximate surface area is 185 Å². The Morgan fingerprint density at radius 3 is 2.33 bits per heavy atom. The summed E-state index contributed by atoms with van der Waals surface area (Å²) in [6.45, 7) is 0. The van der Waals surface area contributed by atoms with Crippen molar-refractivity contribution in [3.8, 4) is 11.6 Å². The number of aliphatic hydroxyl groups excluding tert-OH is 1. The number of aromatic nitrogens is 1. The van der Waals surface area contributed by atoms with E-state index >= 15 is 0 Å². The maximum absolute atomic E-state index is 12.6. The van der Waals surface area contributed by atoms with Gasteiger partial charge in [0, 0.05) is 18.0 Å². The lowest BCUT2D eigenvalue weighted by molar-refractivity contribution is -0.137. The van der Waals surface area contributed by atoms with Gasteiger partial charge in [-0.05, 0) is 35.9 Å². The molecule has 1 aromatic heterocycles. The zero-order valence-corrected chi connectivity index (χ0v) is 16.8. The van der Waals surface area contributed by atoms with Gasteiger partial charge in [0.15, 0.2) is 0 Å². The van der Waals surface area contributed by atoms with Gasteiger partial charge in [-0.15, -0.1) is 0 Å². The lowest BCUT2D eigenvalue weighted by atomic mass is 10.1. The zero-order chi connectivity index (χ0) is 23.6. The van der Waals surface area contributed by atoms with Crippen molar-refractivity contribution in [2.24, 2.45) is 0 Å². The SMILES string of the molecule is O=C(Nc1ccc(Oc2ccc(C(F)(F)F)cn2)cc1)C1=C(O)C(c2ccccc2)NC1=O. The molecule has 1 atom stereocenters. The molecule has 33 heavy (non-hydrogen) atoms. The number of nitrogens with zero attached hydrogens (tertiary/aromatic N) is 1. The number of alkyl halides is 3. The molecule has 2 aromatic carbocycles. The number of carbonyl (C=O) groups is 2. The van der Waals surface area contributed by atoms with Crippen molar-refractivity contribution in [2.75, 3.05) is 5.32 Å². The highest BCUT2D eigenvalue weighted by Crippen LogP contribution is 2.31. The first-order valence-corrected chi connectivity index (χ1v) is 9.64. The van der Waals surface area contributed by atoms with Crippen molar-refractivity contribution in [3.63, 3.8) is 0 Å². The molecule has 3 aromatic rings. The molecule has 3 N–H and O–H groups in total. The van der Waals surface area contributed by atoms with E-state index in [0.717, 1.165) is 12.1 Å². The Kier molecular flexibility index (Phi) is 5.74. The van der Waals surface area contributed by atoms with E-state index in [4.69, 9.17) is 4.74 Å². The van der Waals surface area contributed by atoms with Crippen molar-refractivity contribution in [3.05, 3.63) is 95.4 Å². The smallest absolute Gasteiger partial charge is 0.417 e. The summed E-state index contributed by atoms with van der Waals surface area (Å²) in [5.74, 6) is -1.64. The summed E-state index contributed by atoms with van der Waals surface area (Å²) < 4.78 is 43.2. The molecule has 0 fully saturated rings. The van der Waals surface area contributed by atoms with Crippen molar-refractivity contribution in [1.82, 2.24) is 10.3 Å². The Morgan fingerprint density at radius 2 is 1.73 bits per heavy atom. The molecule has 1 aliphatic heterocycles. The maximum atomic E-state index is 12.6. The van der Waals surface area contributed by atoms with E-state index in [0.29, 0.717) is 17.4 Å². The number of hydrogen-bond acceptors (Lipinski definition) is 5. The van der Waals surface area contributed by atoms with Crippen LogP contribution in [0.1, 0.15) is 17.2 Å². The van der Waals surface area contributed by atoms with E-state index in [1.165, 1.54) is 24.3 Å². The van der Waals surface area contributed by atoms with Gasteiger partial charge in [-0.3, -0.25) is 9.59 Å². The predicted molar refractivity (Wildman–Crippen MR) is 111 cm³/mol. The molecule has 7 nitrogen and oxygen atoms in total. The summed E-state index contributed by atoms with van der Waals surface area (Å²) in [6, 6.07) is 15.7. The molecular formula is C23H16F3N3O4. The number of amides is 2. The summed E-state index contributed by atoms with van der Waals surface area (Å²) in [5, 5.41) is 15.5. The van der Waals surface area contributed by atoms with Crippen molar-refractivity contribution in [1.29, 1.82) is 0 Å². The number of pyridine rings is 1. The first kappa shape index (κ1) is 21.9. The molecular weight excluding hydrogens is 439 g/mol. The number of hydrogen-bond donors (Lipinski definition) is 3. The first-order valence-electron chi connectivity index (χ1n) is 9.64. The quantitative estimate of drug-likeness (QED) is 0.492. The monoisotopic (exact) mass is 455 g/mol. The first-order chi connectivity index (χ1) is 15.7.